The van der Waals surface area contributed by atoms with Gasteiger partial charge in [0.1, 0.15) is 0 Å². The summed E-state index contributed by atoms with van der Waals surface area (Å²) in [7, 11) is 0. The van der Waals surface area contributed by atoms with E-state index in [1.165, 1.54) is 12.3 Å². The Hall–Kier alpha value is -2.15. The summed E-state index contributed by atoms with van der Waals surface area (Å²) in [5.74, 6) is 0.203. The van der Waals surface area contributed by atoms with Crippen LogP contribution >= 0.6 is 11.6 Å². The fourth-order valence-corrected chi connectivity index (χ4v) is 1.80. The van der Waals surface area contributed by atoms with Gasteiger partial charge in [0.25, 0.3) is 0 Å². The smallest absolute Gasteiger partial charge is 0.312 e. The molecule has 1 atom stereocenters. The molecule has 0 aliphatic carbocycles. The molecule has 8 heteroatoms. The minimum absolute atomic E-state index is 0.0627. The average molecular weight is 282 g/mol. The fourth-order valence-electron chi connectivity index (χ4n) is 1.65. The zero-order chi connectivity index (χ0) is 13.8. The first-order valence-corrected chi connectivity index (χ1v) is 5.98. The van der Waals surface area contributed by atoms with Crippen molar-refractivity contribution in [3.63, 3.8) is 0 Å². The number of nitro groups is 1. The van der Waals surface area contributed by atoms with E-state index in [2.05, 4.69) is 15.4 Å². The van der Waals surface area contributed by atoms with E-state index in [9.17, 15) is 10.1 Å². The zero-order valence-corrected chi connectivity index (χ0v) is 10.9. The molecule has 2 aromatic rings. The third-order valence-corrected chi connectivity index (χ3v) is 2.64. The summed E-state index contributed by atoms with van der Waals surface area (Å²) in [4.78, 5) is 14.4. The Morgan fingerprint density at radius 1 is 1.63 bits per heavy atom. The van der Waals surface area contributed by atoms with Gasteiger partial charge in [-0.15, -0.1) is 0 Å². The van der Waals surface area contributed by atoms with Crippen LogP contribution in [0.4, 0.5) is 11.5 Å². The molecule has 0 aromatic carbocycles. The molecule has 0 aliphatic heterocycles. The van der Waals surface area contributed by atoms with Crippen LogP contribution in [0.15, 0.2) is 30.7 Å². The van der Waals surface area contributed by atoms with Crippen LogP contribution in [-0.4, -0.2) is 25.7 Å². The van der Waals surface area contributed by atoms with Crippen molar-refractivity contribution >= 4 is 23.1 Å². The van der Waals surface area contributed by atoms with Gasteiger partial charge in [-0.1, -0.05) is 11.6 Å². The van der Waals surface area contributed by atoms with Crippen molar-refractivity contribution < 1.29 is 4.92 Å². The lowest BCUT2D eigenvalue weighted by Crippen LogP contribution is -2.23. The summed E-state index contributed by atoms with van der Waals surface area (Å²) >= 11 is 5.70. The van der Waals surface area contributed by atoms with Crippen LogP contribution in [-0.2, 0) is 6.54 Å². The standard InChI is InChI=1S/C11H12ClN5O2/c1-8(7-16-4-2-3-14-16)15-11-10(17(18)19)5-9(12)6-13-11/h2-6,8H,7H2,1H3,(H,13,15). The Kier molecular flexibility index (Phi) is 3.96. The number of halogens is 1. The van der Waals surface area contributed by atoms with Crippen LogP contribution in [0.3, 0.4) is 0 Å². The van der Waals surface area contributed by atoms with Gasteiger partial charge in [0.2, 0.25) is 5.82 Å². The molecule has 0 radical (unpaired) electrons. The van der Waals surface area contributed by atoms with E-state index < -0.39 is 4.92 Å². The number of nitrogens with zero attached hydrogens (tertiary/aromatic N) is 4. The van der Waals surface area contributed by atoms with E-state index in [0.717, 1.165) is 0 Å². The molecule has 1 unspecified atom stereocenters. The maximum Gasteiger partial charge on any atom is 0.312 e. The molecule has 0 amide bonds. The molecule has 0 fully saturated rings. The molecule has 7 nitrogen and oxygen atoms in total. The summed E-state index contributed by atoms with van der Waals surface area (Å²) < 4.78 is 1.74. The number of nitrogens with one attached hydrogen (secondary N) is 1. The van der Waals surface area contributed by atoms with Crippen LogP contribution in [0.25, 0.3) is 0 Å². The highest BCUT2D eigenvalue weighted by Crippen LogP contribution is 2.25. The van der Waals surface area contributed by atoms with E-state index in [-0.39, 0.29) is 22.6 Å². The van der Waals surface area contributed by atoms with Crippen molar-refractivity contribution in [2.75, 3.05) is 5.32 Å². The highest BCUT2D eigenvalue weighted by molar-refractivity contribution is 6.30. The second-order valence-corrected chi connectivity index (χ2v) is 4.49. The third-order valence-electron chi connectivity index (χ3n) is 2.43. The minimum Gasteiger partial charge on any atom is -0.360 e. The lowest BCUT2D eigenvalue weighted by Gasteiger charge is -2.14. The predicted octanol–water partition coefficient (Wildman–Crippen LogP) is 2.34. The first-order chi connectivity index (χ1) is 9.06. The van der Waals surface area contributed by atoms with Gasteiger partial charge in [0.05, 0.1) is 16.5 Å². The number of aromatic nitrogens is 3. The van der Waals surface area contributed by atoms with E-state index in [4.69, 9.17) is 11.6 Å². The number of hydrogen-bond acceptors (Lipinski definition) is 5. The van der Waals surface area contributed by atoms with Gasteiger partial charge in [-0.3, -0.25) is 14.8 Å². The molecule has 2 rings (SSSR count). The highest BCUT2D eigenvalue weighted by atomic mass is 35.5. The summed E-state index contributed by atoms with van der Waals surface area (Å²) in [5, 5.41) is 18.2. The molecule has 1 N–H and O–H groups in total. The summed E-state index contributed by atoms with van der Waals surface area (Å²) in [5.41, 5.74) is -0.139. The monoisotopic (exact) mass is 281 g/mol. The molecule has 2 heterocycles. The van der Waals surface area contributed by atoms with Crippen LogP contribution in [0.5, 0.6) is 0 Å². The first-order valence-electron chi connectivity index (χ1n) is 5.60. The number of hydrogen-bond donors (Lipinski definition) is 1. The number of rotatable bonds is 5. The summed E-state index contributed by atoms with van der Waals surface area (Å²) in [6, 6.07) is 3.03. The zero-order valence-electron chi connectivity index (χ0n) is 10.2. The average Bonchev–Trinajstić information content (AvgIpc) is 2.83. The highest BCUT2D eigenvalue weighted by Gasteiger charge is 2.17. The van der Waals surface area contributed by atoms with E-state index in [1.807, 2.05) is 19.2 Å². The topological polar surface area (TPSA) is 85.9 Å². The molecule has 0 saturated carbocycles. The van der Waals surface area contributed by atoms with Crippen LogP contribution in [0, 0.1) is 10.1 Å². The lowest BCUT2D eigenvalue weighted by atomic mass is 10.3. The molecule has 100 valence electrons. The second kappa shape index (κ2) is 5.66. The van der Waals surface area contributed by atoms with Crippen molar-refractivity contribution in [1.82, 2.24) is 14.8 Å². The molecule has 2 aromatic heterocycles. The van der Waals surface area contributed by atoms with Gasteiger partial charge >= 0.3 is 5.69 Å². The van der Waals surface area contributed by atoms with E-state index in [0.29, 0.717) is 6.54 Å². The Balaban J connectivity index is 2.12. The number of anilines is 1. The maximum atomic E-state index is 10.9. The van der Waals surface area contributed by atoms with E-state index in [1.54, 1.807) is 10.9 Å². The van der Waals surface area contributed by atoms with Gasteiger partial charge in [0, 0.05) is 30.7 Å². The Labute approximate surface area is 114 Å². The Morgan fingerprint density at radius 3 is 3.05 bits per heavy atom. The van der Waals surface area contributed by atoms with E-state index >= 15 is 0 Å². The molecule has 0 saturated heterocycles. The molecule has 0 bridgehead atoms. The van der Waals surface area contributed by atoms with Crippen LogP contribution in [0.1, 0.15) is 6.92 Å². The van der Waals surface area contributed by atoms with Crippen molar-refractivity contribution in [2.24, 2.45) is 0 Å². The second-order valence-electron chi connectivity index (χ2n) is 4.05. The normalized spacial score (nSPS) is 12.1. The van der Waals surface area contributed by atoms with Crippen LogP contribution in [0.2, 0.25) is 5.02 Å². The Bertz CT molecular complexity index is 572. The first kappa shape index (κ1) is 13.3. The van der Waals surface area contributed by atoms with Gasteiger partial charge < -0.3 is 5.32 Å². The fraction of sp³-hybridized carbons (Fsp3) is 0.273. The van der Waals surface area contributed by atoms with Gasteiger partial charge in [-0.05, 0) is 13.0 Å². The molecular weight excluding hydrogens is 270 g/mol. The summed E-state index contributed by atoms with van der Waals surface area (Å²) in [6.07, 6.45) is 4.87. The van der Waals surface area contributed by atoms with Gasteiger partial charge in [0.15, 0.2) is 0 Å². The third kappa shape index (κ3) is 3.41. The van der Waals surface area contributed by atoms with Crippen molar-refractivity contribution in [3.8, 4) is 0 Å². The van der Waals surface area contributed by atoms with Gasteiger partial charge in [-0.2, -0.15) is 5.10 Å². The molecule has 19 heavy (non-hydrogen) atoms. The maximum absolute atomic E-state index is 10.9. The van der Waals surface area contributed by atoms with Crippen molar-refractivity contribution in [2.45, 2.75) is 19.5 Å². The predicted molar refractivity (Wildman–Crippen MR) is 71.2 cm³/mol. The molecular formula is C11H12ClN5O2. The largest absolute Gasteiger partial charge is 0.360 e. The molecule has 0 aliphatic rings. The SMILES string of the molecule is CC(Cn1cccn1)Nc1ncc(Cl)cc1[N+](=O)[O-]. The minimum atomic E-state index is -0.512. The van der Waals surface area contributed by atoms with Crippen molar-refractivity contribution in [3.05, 3.63) is 45.9 Å². The molecule has 0 spiro atoms. The quantitative estimate of drug-likeness (QED) is 0.671. The lowest BCUT2D eigenvalue weighted by molar-refractivity contribution is -0.384. The number of pyridine rings is 1. The van der Waals surface area contributed by atoms with Gasteiger partial charge in [-0.25, -0.2) is 4.98 Å². The van der Waals surface area contributed by atoms with Crippen LogP contribution < -0.4 is 5.32 Å². The van der Waals surface area contributed by atoms with Crippen molar-refractivity contribution in [1.29, 1.82) is 0 Å². The summed E-state index contributed by atoms with van der Waals surface area (Å²) in [6.45, 7) is 2.47. The Morgan fingerprint density at radius 2 is 2.42 bits per heavy atom.